The van der Waals surface area contributed by atoms with Gasteiger partial charge in [0.15, 0.2) is 0 Å². The summed E-state index contributed by atoms with van der Waals surface area (Å²) in [5.41, 5.74) is 5.25. The first-order chi connectivity index (χ1) is 15.7. The van der Waals surface area contributed by atoms with Crippen molar-refractivity contribution in [1.29, 1.82) is 0 Å². The van der Waals surface area contributed by atoms with E-state index in [1.165, 1.54) is 0 Å². The minimum absolute atomic E-state index is 0.339. The highest BCUT2D eigenvalue weighted by Crippen LogP contribution is 2.34. The number of hydrogen-bond acceptors (Lipinski definition) is 6. The van der Waals surface area contributed by atoms with Crippen LogP contribution in [0.25, 0.3) is 33.5 Å². The molecule has 1 aliphatic rings. The number of hydrogen-bond donors (Lipinski definition) is 0. The van der Waals surface area contributed by atoms with Gasteiger partial charge in [-0.05, 0) is 35.7 Å². The van der Waals surface area contributed by atoms with E-state index in [1.54, 1.807) is 24.5 Å². The summed E-state index contributed by atoms with van der Waals surface area (Å²) in [5, 5.41) is 0. The highest BCUT2D eigenvalue weighted by atomic mass is 19.1. The lowest BCUT2D eigenvalue weighted by atomic mass is 9.95. The summed E-state index contributed by atoms with van der Waals surface area (Å²) in [4.78, 5) is 19.7. The van der Waals surface area contributed by atoms with E-state index >= 15 is 4.39 Å². The summed E-state index contributed by atoms with van der Waals surface area (Å²) in [6.45, 7) is 4.79. The Morgan fingerprint density at radius 1 is 0.781 bits per heavy atom. The largest absolute Gasteiger partial charge is 0.378 e. The number of rotatable bonds is 4. The molecule has 0 aliphatic carbocycles. The third-order valence-corrected chi connectivity index (χ3v) is 5.51. The number of morpholine rings is 1. The van der Waals surface area contributed by atoms with Crippen LogP contribution >= 0.6 is 0 Å². The van der Waals surface area contributed by atoms with Crippen molar-refractivity contribution in [2.75, 3.05) is 31.2 Å². The van der Waals surface area contributed by atoms with Crippen molar-refractivity contribution in [2.24, 2.45) is 0 Å². The monoisotopic (exact) mass is 427 g/mol. The fraction of sp³-hybridized carbons (Fsp3) is 0.200. The third-order valence-electron chi connectivity index (χ3n) is 5.51. The smallest absolute Gasteiger partial charge is 0.225 e. The third kappa shape index (κ3) is 4.07. The average Bonchev–Trinajstić information content (AvgIpc) is 2.85. The van der Waals surface area contributed by atoms with E-state index in [-0.39, 0.29) is 5.82 Å². The van der Waals surface area contributed by atoms with Gasteiger partial charge < -0.3 is 9.64 Å². The van der Waals surface area contributed by atoms with Crippen LogP contribution in [0.2, 0.25) is 0 Å². The molecule has 0 atom stereocenters. The first-order valence-electron chi connectivity index (χ1n) is 10.5. The molecular formula is C25H22FN5O. The number of ether oxygens (including phenoxy) is 1. The second kappa shape index (κ2) is 8.80. The number of nitrogens with zero attached hydrogens (tertiary/aromatic N) is 5. The normalized spacial score (nSPS) is 13.9. The standard InChI is InChI=1S/C25H22FN5O/c1-17-13-28-24(16-27-17)22-7-6-18(12-23(22)26)20-4-2-3-5-21(20)19-14-29-25(30-15-19)31-8-10-32-11-9-31/h2-7,12-16H,8-11H2,1H3. The minimum atomic E-state index is -0.339. The van der Waals surface area contributed by atoms with Gasteiger partial charge in [-0.25, -0.2) is 14.4 Å². The van der Waals surface area contributed by atoms with Crippen molar-refractivity contribution in [3.63, 3.8) is 0 Å². The molecule has 2 aromatic carbocycles. The van der Waals surface area contributed by atoms with Crippen LogP contribution in [-0.4, -0.2) is 46.2 Å². The summed E-state index contributed by atoms with van der Waals surface area (Å²) in [6.07, 6.45) is 6.87. The second-order valence-corrected chi connectivity index (χ2v) is 7.65. The lowest BCUT2D eigenvalue weighted by Gasteiger charge is -2.26. The van der Waals surface area contributed by atoms with E-state index < -0.39 is 0 Å². The van der Waals surface area contributed by atoms with Crippen molar-refractivity contribution < 1.29 is 9.13 Å². The summed E-state index contributed by atoms with van der Waals surface area (Å²) < 4.78 is 20.4. The van der Waals surface area contributed by atoms with Crippen molar-refractivity contribution in [2.45, 2.75) is 6.92 Å². The van der Waals surface area contributed by atoms with Crippen LogP contribution in [0.4, 0.5) is 10.3 Å². The molecule has 6 nitrogen and oxygen atoms in total. The Kier molecular flexibility index (Phi) is 5.56. The highest BCUT2D eigenvalue weighted by Gasteiger charge is 2.15. The lowest BCUT2D eigenvalue weighted by Crippen LogP contribution is -2.37. The maximum Gasteiger partial charge on any atom is 0.225 e. The van der Waals surface area contributed by atoms with Gasteiger partial charge in [0.05, 0.1) is 30.8 Å². The van der Waals surface area contributed by atoms with Crippen LogP contribution in [0.5, 0.6) is 0 Å². The summed E-state index contributed by atoms with van der Waals surface area (Å²) in [7, 11) is 0. The van der Waals surface area contributed by atoms with Crippen LogP contribution in [0.3, 0.4) is 0 Å². The first-order valence-corrected chi connectivity index (χ1v) is 10.5. The molecular weight excluding hydrogens is 405 g/mol. The number of halogens is 1. The minimum Gasteiger partial charge on any atom is -0.378 e. The van der Waals surface area contributed by atoms with Gasteiger partial charge in [-0.1, -0.05) is 30.3 Å². The number of aromatic nitrogens is 4. The van der Waals surface area contributed by atoms with E-state index in [0.717, 1.165) is 41.0 Å². The Morgan fingerprint density at radius 3 is 2.16 bits per heavy atom. The van der Waals surface area contributed by atoms with Gasteiger partial charge >= 0.3 is 0 Å². The molecule has 4 aromatic rings. The average molecular weight is 427 g/mol. The maximum absolute atomic E-state index is 15.0. The molecule has 1 aliphatic heterocycles. The number of anilines is 1. The first kappa shape index (κ1) is 20.2. The van der Waals surface area contributed by atoms with Gasteiger partial charge in [-0.3, -0.25) is 9.97 Å². The number of benzene rings is 2. The molecule has 160 valence electrons. The molecule has 0 bridgehead atoms. The SMILES string of the molecule is Cc1cnc(-c2ccc(-c3ccccc3-c3cnc(N4CCOCC4)nc3)cc2F)cn1. The zero-order valence-electron chi connectivity index (χ0n) is 17.7. The molecule has 0 N–H and O–H groups in total. The van der Waals surface area contributed by atoms with E-state index in [2.05, 4.69) is 24.8 Å². The molecule has 1 saturated heterocycles. The Balaban J connectivity index is 1.47. The maximum atomic E-state index is 15.0. The van der Waals surface area contributed by atoms with Crippen LogP contribution in [-0.2, 0) is 4.74 Å². The van der Waals surface area contributed by atoms with Gasteiger partial charge in [0, 0.05) is 42.8 Å². The van der Waals surface area contributed by atoms with Crippen LogP contribution in [0.1, 0.15) is 5.69 Å². The van der Waals surface area contributed by atoms with Crippen LogP contribution in [0, 0.1) is 12.7 Å². The predicted octanol–water partition coefficient (Wildman–Crippen LogP) is 4.55. The molecule has 2 aromatic heterocycles. The van der Waals surface area contributed by atoms with Crippen molar-refractivity contribution >= 4 is 5.95 Å². The van der Waals surface area contributed by atoms with Gasteiger partial charge in [-0.2, -0.15) is 0 Å². The topological polar surface area (TPSA) is 64.0 Å². The van der Waals surface area contributed by atoms with Crippen molar-refractivity contribution in [3.8, 4) is 33.5 Å². The number of aryl methyl sites for hydroxylation is 1. The summed E-state index contributed by atoms with van der Waals surface area (Å²) in [5.74, 6) is 0.360. The summed E-state index contributed by atoms with van der Waals surface area (Å²) >= 11 is 0. The molecule has 7 heteroatoms. The molecule has 5 rings (SSSR count). The summed E-state index contributed by atoms with van der Waals surface area (Å²) in [6, 6.07) is 13.1. The second-order valence-electron chi connectivity index (χ2n) is 7.65. The zero-order valence-corrected chi connectivity index (χ0v) is 17.7. The van der Waals surface area contributed by atoms with E-state index in [0.29, 0.717) is 30.4 Å². The Morgan fingerprint density at radius 2 is 1.50 bits per heavy atom. The van der Waals surface area contributed by atoms with Crippen molar-refractivity contribution in [1.82, 2.24) is 19.9 Å². The Bertz CT molecular complexity index is 1220. The van der Waals surface area contributed by atoms with Gasteiger partial charge in [-0.15, -0.1) is 0 Å². The quantitative estimate of drug-likeness (QED) is 0.476. The molecule has 0 radical (unpaired) electrons. The predicted molar refractivity (Wildman–Crippen MR) is 122 cm³/mol. The molecule has 0 spiro atoms. The molecule has 32 heavy (non-hydrogen) atoms. The van der Waals surface area contributed by atoms with E-state index in [1.807, 2.05) is 49.6 Å². The zero-order chi connectivity index (χ0) is 21.9. The van der Waals surface area contributed by atoms with Gasteiger partial charge in [0.1, 0.15) is 5.82 Å². The molecule has 3 heterocycles. The molecule has 0 unspecified atom stereocenters. The Hall–Kier alpha value is -3.71. The highest BCUT2D eigenvalue weighted by molar-refractivity contribution is 5.83. The van der Waals surface area contributed by atoms with Crippen LogP contribution in [0.15, 0.2) is 67.3 Å². The van der Waals surface area contributed by atoms with Gasteiger partial charge in [0.25, 0.3) is 0 Å². The molecule has 0 saturated carbocycles. The van der Waals surface area contributed by atoms with E-state index in [9.17, 15) is 0 Å². The van der Waals surface area contributed by atoms with Crippen molar-refractivity contribution in [3.05, 3.63) is 78.8 Å². The fourth-order valence-electron chi connectivity index (χ4n) is 3.80. The lowest BCUT2D eigenvalue weighted by molar-refractivity contribution is 0.122. The fourth-order valence-corrected chi connectivity index (χ4v) is 3.80. The van der Waals surface area contributed by atoms with Crippen LogP contribution < -0.4 is 4.90 Å². The van der Waals surface area contributed by atoms with Gasteiger partial charge in [0.2, 0.25) is 5.95 Å². The van der Waals surface area contributed by atoms with E-state index in [4.69, 9.17) is 4.74 Å². The molecule has 1 fully saturated rings. The molecule has 0 amide bonds. The Labute approximate surface area is 185 Å².